The second-order valence-electron chi connectivity index (χ2n) is 6.78. The second-order valence-corrected chi connectivity index (χ2v) is 7.21. The van der Waals surface area contributed by atoms with E-state index >= 15 is 0 Å². The van der Waals surface area contributed by atoms with Crippen LogP contribution in [0.4, 0.5) is 0 Å². The van der Waals surface area contributed by atoms with E-state index in [2.05, 4.69) is 11.4 Å². The lowest BCUT2D eigenvalue weighted by atomic mass is 9.79. The van der Waals surface area contributed by atoms with Gasteiger partial charge in [-0.1, -0.05) is 36.6 Å². The van der Waals surface area contributed by atoms with E-state index in [9.17, 15) is 4.79 Å². The minimum absolute atomic E-state index is 0.00532. The molecule has 2 fully saturated rings. The Kier molecular flexibility index (Phi) is 5.24. The fraction of sp³-hybridized carbons (Fsp3) is 0.611. The van der Waals surface area contributed by atoms with E-state index in [1.807, 2.05) is 18.2 Å². The Bertz CT molecular complexity index is 558. The molecule has 5 heteroatoms. The van der Waals surface area contributed by atoms with Gasteiger partial charge < -0.3 is 15.8 Å². The van der Waals surface area contributed by atoms with Crippen LogP contribution in [0, 0.1) is 0 Å². The van der Waals surface area contributed by atoms with E-state index in [0.717, 1.165) is 30.7 Å². The molecule has 1 aliphatic carbocycles. The quantitative estimate of drug-likeness (QED) is 0.869. The van der Waals surface area contributed by atoms with E-state index < -0.39 is 0 Å². The summed E-state index contributed by atoms with van der Waals surface area (Å²) < 4.78 is 5.69. The topological polar surface area (TPSA) is 64.4 Å². The summed E-state index contributed by atoms with van der Waals surface area (Å²) in [7, 11) is 0. The highest BCUT2D eigenvalue weighted by Gasteiger charge is 2.37. The number of ether oxygens (including phenoxy) is 1. The molecule has 1 saturated carbocycles. The van der Waals surface area contributed by atoms with Crippen molar-refractivity contribution in [3.05, 3.63) is 34.9 Å². The zero-order valence-corrected chi connectivity index (χ0v) is 14.1. The van der Waals surface area contributed by atoms with E-state index in [0.29, 0.717) is 13.1 Å². The molecule has 1 heterocycles. The maximum absolute atomic E-state index is 12.4. The Hall–Kier alpha value is -1.10. The van der Waals surface area contributed by atoms with Crippen molar-refractivity contribution in [1.82, 2.24) is 5.32 Å². The van der Waals surface area contributed by atoms with Crippen LogP contribution in [0.5, 0.6) is 0 Å². The van der Waals surface area contributed by atoms with Crippen LogP contribution in [0.1, 0.15) is 44.1 Å². The van der Waals surface area contributed by atoms with Crippen LogP contribution in [-0.2, 0) is 14.9 Å². The molecule has 1 aliphatic heterocycles. The van der Waals surface area contributed by atoms with Gasteiger partial charge in [-0.3, -0.25) is 4.79 Å². The van der Waals surface area contributed by atoms with Crippen LogP contribution < -0.4 is 11.1 Å². The van der Waals surface area contributed by atoms with Gasteiger partial charge in [-0.25, -0.2) is 0 Å². The molecule has 0 unspecified atom stereocenters. The number of nitrogens with two attached hydrogens (primary N) is 1. The van der Waals surface area contributed by atoms with Crippen LogP contribution in [0.3, 0.4) is 0 Å². The molecule has 1 saturated heterocycles. The third-order valence-electron chi connectivity index (χ3n) is 5.26. The van der Waals surface area contributed by atoms with Gasteiger partial charge in [-0.2, -0.15) is 0 Å². The SMILES string of the molecule is NC[C@H]1CC[C@@H](C(=O)NCC2(c3cccc(Cl)c3)CCCC2)O1. The lowest BCUT2D eigenvalue weighted by Gasteiger charge is -2.30. The molecule has 1 amide bonds. The van der Waals surface area contributed by atoms with Gasteiger partial charge in [0.25, 0.3) is 0 Å². The lowest BCUT2D eigenvalue weighted by molar-refractivity contribution is -0.132. The van der Waals surface area contributed by atoms with Gasteiger partial charge in [0.2, 0.25) is 5.91 Å². The maximum Gasteiger partial charge on any atom is 0.249 e. The molecule has 23 heavy (non-hydrogen) atoms. The smallest absolute Gasteiger partial charge is 0.249 e. The first-order valence-electron chi connectivity index (χ1n) is 8.52. The highest BCUT2D eigenvalue weighted by molar-refractivity contribution is 6.30. The first kappa shape index (κ1) is 16.7. The Morgan fingerprint density at radius 2 is 2.13 bits per heavy atom. The molecule has 3 rings (SSSR count). The number of nitrogens with one attached hydrogen (secondary N) is 1. The summed E-state index contributed by atoms with van der Waals surface area (Å²) in [6.07, 6.45) is 5.87. The first-order valence-corrected chi connectivity index (χ1v) is 8.90. The van der Waals surface area contributed by atoms with Crippen molar-refractivity contribution in [2.24, 2.45) is 5.73 Å². The predicted molar refractivity (Wildman–Crippen MR) is 91.6 cm³/mol. The minimum atomic E-state index is -0.346. The van der Waals surface area contributed by atoms with Crippen LogP contribution in [0.2, 0.25) is 5.02 Å². The summed E-state index contributed by atoms with van der Waals surface area (Å²) >= 11 is 6.16. The molecule has 0 bridgehead atoms. The molecule has 0 radical (unpaired) electrons. The number of carbonyl (C=O) groups is 1. The Labute approximate surface area is 142 Å². The third kappa shape index (κ3) is 3.70. The predicted octanol–water partition coefficient (Wildman–Crippen LogP) is 2.77. The van der Waals surface area contributed by atoms with Crippen molar-refractivity contribution in [3.63, 3.8) is 0 Å². The molecular weight excluding hydrogens is 312 g/mol. The highest BCUT2D eigenvalue weighted by atomic mass is 35.5. The van der Waals surface area contributed by atoms with Gasteiger partial charge in [0.15, 0.2) is 0 Å². The van der Waals surface area contributed by atoms with Gasteiger partial charge in [-0.15, -0.1) is 0 Å². The molecule has 2 atom stereocenters. The van der Waals surface area contributed by atoms with Crippen molar-refractivity contribution in [1.29, 1.82) is 0 Å². The molecule has 0 aromatic heterocycles. The van der Waals surface area contributed by atoms with Gasteiger partial charge in [0.05, 0.1) is 6.10 Å². The van der Waals surface area contributed by atoms with Crippen LogP contribution >= 0.6 is 11.6 Å². The molecular formula is C18H25ClN2O2. The average Bonchev–Trinajstić information content (AvgIpc) is 3.23. The number of benzene rings is 1. The van der Waals surface area contributed by atoms with Gasteiger partial charge in [0.1, 0.15) is 6.10 Å². The number of halogens is 1. The van der Waals surface area contributed by atoms with E-state index in [1.165, 1.54) is 18.4 Å². The number of rotatable bonds is 5. The lowest BCUT2D eigenvalue weighted by Crippen LogP contribution is -2.43. The monoisotopic (exact) mass is 336 g/mol. The van der Waals surface area contributed by atoms with Gasteiger partial charge in [0, 0.05) is 23.5 Å². The summed E-state index contributed by atoms with van der Waals surface area (Å²) in [6.45, 7) is 1.13. The van der Waals surface area contributed by atoms with Crippen molar-refractivity contribution in [2.75, 3.05) is 13.1 Å². The molecule has 1 aromatic carbocycles. The number of amides is 1. The summed E-state index contributed by atoms with van der Waals surface area (Å²) in [6, 6.07) is 8.05. The standard InChI is InChI=1S/C18H25ClN2O2/c19-14-5-3-4-13(10-14)18(8-1-2-9-18)12-21-17(22)16-7-6-15(11-20)23-16/h3-5,10,15-16H,1-2,6-9,11-12,20H2,(H,21,22)/t15-,16+/m1/s1. The zero-order chi connectivity index (χ0) is 16.3. The second kappa shape index (κ2) is 7.20. The fourth-order valence-corrected chi connectivity index (χ4v) is 4.07. The Balaban J connectivity index is 1.65. The Morgan fingerprint density at radius 3 is 2.78 bits per heavy atom. The number of hydrogen-bond donors (Lipinski definition) is 2. The summed E-state index contributed by atoms with van der Waals surface area (Å²) in [4.78, 5) is 12.4. The van der Waals surface area contributed by atoms with Crippen molar-refractivity contribution >= 4 is 17.5 Å². The zero-order valence-electron chi connectivity index (χ0n) is 13.4. The van der Waals surface area contributed by atoms with E-state index in [4.69, 9.17) is 22.1 Å². The molecule has 126 valence electrons. The highest BCUT2D eigenvalue weighted by Crippen LogP contribution is 2.41. The maximum atomic E-state index is 12.4. The molecule has 2 aliphatic rings. The van der Waals surface area contributed by atoms with Crippen LogP contribution in [-0.4, -0.2) is 31.2 Å². The molecule has 4 nitrogen and oxygen atoms in total. The number of hydrogen-bond acceptors (Lipinski definition) is 3. The van der Waals surface area contributed by atoms with Crippen molar-refractivity contribution in [3.8, 4) is 0 Å². The first-order chi connectivity index (χ1) is 11.1. The molecule has 1 aromatic rings. The van der Waals surface area contributed by atoms with Gasteiger partial charge >= 0.3 is 0 Å². The largest absolute Gasteiger partial charge is 0.364 e. The van der Waals surface area contributed by atoms with Crippen LogP contribution in [0.25, 0.3) is 0 Å². The fourth-order valence-electron chi connectivity index (χ4n) is 3.88. The minimum Gasteiger partial charge on any atom is -0.364 e. The summed E-state index contributed by atoms with van der Waals surface area (Å²) in [5, 5.41) is 3.88. The molecule has 0 spiro atoms. The summed E-state index contributed by atoms with van der Waals surface area (Å²) in [5.74, 6) is -0.00532. The Morgan fingerprint density at radius 1 is 1.35 bits per heavy atom. The van der Waals surface area contributed by atoms with Crippen molar-refractivity contribution < 1.29 is 9.53 Å². The normalized spacial score (nSPS) is 26.3. The third-order valence-corrected chi connectivity index (χ3v) is 5.50. The average molecular weight is 337 g/mol. The number of carbonyl (C=O) groups excluding carboxylic acids is 1. The van der Waals surface area contributed by atoms with Crippen LogP contribution in [0.15, 0.2) is 24.3 Å². The van der Waals surface area contributed by atoms with Crippen molar-refractivity contribution in [2.45, 2.75) is 56.1 Å². The van der Waals surface area contributed by atoms with E-state index in [1.54, 1.807) is 0 Å². The van der Waals surface area contributed by atoms with Gasteiger partial charge in [-0.05, 0) is 43.4 Å². The summed E-state index contributed by atoms with van der Waals surface area (Å²) in [5.41, 5.74) is 6.85. The molecule has 3 N–H and O–H groups in total. The van der Waals surface area contributed by atoms with E-state index in [-0.39, 0.29) is 23.5 Å².